The van der Waals surface area contributed by atoms with Crippen molar-refractivity contribution < 1.29 is 0 Å². The van der Waals surface area contributed by atoms with Crippen molar-refractivity contribution in [2.24, 2.45) is 5.41 Å². The number of hydrogen-bond donors (Lipinski definition) is 0. The minimum atomic E-state index is 0.326. The molecule has 2 nitrogen and oxygen atoms in total. The Bertz CT molecular complexity index is 325. The van der Waals surface area contributed by atoms with E-state index in [2.05, 4.69) is 60.6 Å². The zero-order valence-electron chi connectivity index (χ0n) is 11.5. The predicted molar refractivity (Wildman–Crippen MR) is 77.7 cm³/mol. The van der Waals surface area contributed by atoms with E-state index in [4.69, 9.17) is 5.10 Å². The van der Waals surface area contributed by atoms with Crippen LogP contribution in [0.4, 0.5) is 0 Å². The van der Waals surface area contributed by atoms with Gasteiger partial charge in [-0.25, -0.2) is 0 Å². The first-order valence-corrected chi connectivity index (χ1v) is 7.80. The Morgan fingerprint density at radius 2 is 2.00 bits per heavy atom. The Morgan fingerprint density at radius 3 is 2.47 bits per heavy atom. The number of rotatable bonds is 7. The Morgan fingerprint density at radius 1 is 1.35 bits per heavy atom. The zero-order valence-corrected chi connectivity index (χ0v) is 13.1. The van der Waals surface area contributed by atoms with Gasteiger partial charge in [0.15, 0.2) is 0 Å². The largest absolute Gasteiger partial charge is 0.269 e. The van der Waals surface area contributed by atoms with Crippen LogP contribution in [0.25, 0.3) is 0 Å². The predicted octanol–water partition coefficient (Wildman–Crippen LogP) is 4.60. The van der Waals surface area contributed by atoms with Crippen LogP contribution in [0.1, 0.15) is 58.7 Å². The minimum Gasteiger partial charge on any atom is -0.269 e. The van der Waals surface area contributed by atoms with Crippen LogP contribution in [-0.2, 0) is 6.42 Å². The number of hydrogen-bond acceptors (Lipinski definition) is 1. The minimum absolute atomic E-state index is 0.326. The summed E-state index contributed by atoms with van der Waals surface area (Å²) >= 11 is 3.62. The summed E-state index contributed by atoms with van der Waals surface area (Å²) in [5.41, 5.74) is 1.55. The van der Waals surface area contributed by atoms with Gasteiger partial charge >= 0.3 is 0 Å². The molecule has 0 fully saturated rings. The lowest BCUT2D eigenvalue weighted by Gasteiger charge is -2.24. The van der Waals surface area contributed by atoms with E-state index in [-0.39, 0.29) is 0 Å². The van der Waals surface area contributed by atoms with Crippen LogP contribution in [0.15, 0.2) is 12.3 Å². The Kier molecular flexibility index (Phi) is 5.71. The quantitative estimate of drug-likeness (QED) is 0.673. The maximum absolute atomic E-state index is 4.73. The molecule has 1 aromatic rings. The lowest BCUT2D eigenvalue weighted by molar-refractivity contribution is 0.351. The molecule has 0 radical (unpaired) electrons. The van der Waals surface area contributed by atoms with E-state index in [9.17, 15) is 0 Å². The van der Waals surface area contributed by atoms with Crippen LogP contribution in [0.5, 0.6) is 0 Å². The summed E-state index contributed by atoms with van der Waals surface area (Å²) in [7, 11) is 0. The summed E-state index contributed by atoms with van der Waals surface area (Å²) in [6.07, 6.45) is 6.68. The normalized spacial score (nSPS) is 15.2. The Hall–Kier alpha value is -0.310. The van der Waals surface area contributed by atoms with Gasteiger partial charge in [-0.3, -0.25) is 4.68 Å². The molecule has 0 aliphatic heterocycles. The molecular weight excluding hydrogens is 276 g/mol. The van der Waals surface area contributed by atoms with Gasteiger partial charge in [0.1, 0.15) is 0 Å². The fraction of sp³-hybridized carbons (Fsp3) is 0.786. The van der Waals surface area contributed by atoms with Gasteiger partial charge in [-0.1, -0.05) is 43.6 Å². The topological polar surface area (TPSA) is 17.8 Å². The molecule has 1 rings (SSSR count). The number of nitrogens with zero attached hydrogens (tertiary/aromatic N) is 2. The molecule has 0 aliphatic rings. The summed E-state index contributed by atoms with van der Waals surface area (Å²) < 4.78 is 2.14. The average molecular weight is 301 g/mol. The molecule has 0 saturated carbocycles. The van der Waals surface area contributed by atoms with Crippen molar-refractivity contribution in [1.29, 1.82) is 0 Å². The first-order valence-electron chi connectivity index (χ1n) is 6.68. The summed E-state index contributed by atoms with van der Waals surface area (Å²) in [6.45, 7) is 9.02. The van der Waals surface area contributed by atoms with Crippen molar-refractivity contribution in [2.45, 2.75) is 59.4 Å². The molecular formula is C14H25BrN2. The van der Waals surface area contributed by atoms with E-state index in [1.807, 2.05) is 0 Å². The van der Waals surface area contributed by atoms with Gasteiger partial charge in [-0.2, -0.15) is 5.10 Å². The van der Waals surface area contributed by atoms with Crippen molar-refractivity contribution in [3.63, 3.8) is 0 Å². The van der Waals surface area contributed by atoms with Crippen molar-refractivity contribution >= 4 is 15.9 Å². The van der Waals surface area contributed by atoms with Gasteiger partial charge in [0.2, 0.25) is 0 Å². The average Bonchev–Trinajstić information content (AvgIpc) is 2.79. The second kappa shape index (κ2) is 6.58. The molecule has 1 heterocycles. The summed E-state index contributed by atoms with van der Waals surface area (Å²) in [6, 6.07) is 2.73. The van der Waals surface area contributed by atoms with Crippen molar-refractivity contribution in [3.8, 4) is 0 Å². The lowest BCUT2D eigenvalue weighted by atomic mass is 9.85. The first-order chi connectivity index (χ1) is 8.08. The highest BCUT2D eigenvalue weighted by atomic mass is 79.9. The monoisotopic (exact) mass is 300 g/mol. The smallest absolute Gasteiger partial charge is 0.0630 e. The fourth-order valence-corrected chi connectivity index (χ4v) is 2.64. The standard InChI is InChI=1S/C14H25BrN2/c1-5-13(6-2)17-9-8-12(16-17)10-14(4,7-3)11-15/h8-9,13H,5-7,10-11H2,1-4H3. The molecule has 0 aliphatic carbocycles. The molecule has 98 valence electrons. The van der Waals surface area contributed by atoms with Gasteiger partial charge in [-0.15, -0.1) is 0 Å². The number of alkyl halides is 1. The van der Waals surface area contributed by atoms with Crippen molar-refractivity contribution in [3.05, 3.63) is 18.0 Å². The third-order valence-electron chi connectivity index (χ3n) is 3.76. The van der Waals surface area contributed by atoms with Crippen LogP contribution < -0.4 is 0 Å². The molecule has 1 unspecified atom stereocenters. The van der Waals surface area contributed by atoms with Crippen LogP contribution >= 0.6 is 15.9 Å². The van der Waals surface area contributed by atoms with Crippen LogP contribution in [0.3, 0.4) is 0 Å². The number of aromatic nitrogens is 2. The number of halogens is 1. The van der Waals surface area contributed by atoms with Crippen LogP contribution in [0, 0.1) is 5.41 Å². The highest BCUT2D eigenvalue weighted by molar-refractivity contribution is 9.09. The van der Waals surface area contributed by atoms with Gasteiger partial charge < -0.3 is 0 Å². The zero-order chi connectivity index (χ0) is 12.9. The SMILES string of the molecule is CCC(CC)n1ccc(CC(C)(CC)CBr)n1. The molecule has 17 heavy (non-hydrogen) atoms. The van der Waals surface area contributed by atoms with Gasteiger partial charge in [-0.05, 0) is 37.2 Å². The molecule has 3 heteroatoms. The maximum Gasteiger partial charge on any atom is 0.0630 e. The molecule has 0 saturated heterocycles. The third-order valence-corrected chi connectivity index (χ3v) is 5.12. The molecule has 0 aromatic carbocycles. The second-order valence-corrected chi connectivity index (χ2v) is 5.79. The Labute approximate surface area is 114 Å². The van der Waals surface area contributed by atoms with E-state index in [0.717, 1.165) is 24.6 Å². The first kappa shape index (κ1) is 14.7. The van der Waals surface area contributed by atoms with E-state index in [1.165, 1.54) is 12.1 Å². The molecule has 1 aromatic heterocycles. The van der Waals surface area contributed by atoms with Crippen LogP contribution in [0.2, 0.25) is 0 Å². The maximum atomic E-state index is 4.73. The molecule has 0 spiro atoms. The lowest BCUT2D eigenvalue weighted by Crippen LogP contribution is -2.21. The molecule has 0 bridgehead atoms. The van der Waals surface area contributed by atoms with Gasteiger partial charge in [0.05, 0.1) is 11.7 Å². The Balaban J connectivity index is 2.74. The third kappa shape index (κ3) is 3.84. The van der Waals surface area contributed by atoms with Crippen molar-refractivity contribution in [2.75, 3.05) is 5.33 Å². The van der Waals surface area contributed by atoms with E-state index >= 15 is 0 Å². The molecule has 1 atom stereocenters. The van der Waals surface area contributed by atoms with Crippen LogP contribution in [-0.4, -0.2) is 15.1 Å². The van der Waals surface area contributed by atoms with Gasteiger partial charge in [0, 0.05) is 11.5 Å². The van der Waals surface area contributed by atoms with Crippen molar-refractivity contribution in [1.82, 2.24) is 9.78 Å². The summed E-state index contributed by atoms with van der Waals surface area (Å²) in [5.74, 6) is 0. The highest BCUT2D eigenvalue weighted by Crippen LogP contribution is 2.28. The van der Waals surface area contributed by atoms with E-state index in [1.54, 1.807) is 0 Å². The van der Waals surface area contributed by atoms with E-state index < -0.39 is 0 Å². The fourth-order valence-electron chi connectivity index (χ4n) is 2.04. The summed E-state index contributed by atoms with van der Waals surface area (Å²) in [5, 5.41) is 5.77. The summed E-state index contributed by atoms with van der Waals surface area (Å²) in [4.78, 5) is 0. The second-order valence-electron chi connectivity index (χ2n) is 5.23. The van der Waals surface area contributed by atoms with E-state index in [0.29, 0.717) is 11.5 Å². The molecule has 0 amide bonds. The molecule has 0 N–H and O–H groups in total. The highest BCUT2D eigenvalue weighted by Gasteiger charge is 2.22. The van der Waals surface area contributed by atoms with Gasteiger partial charge in [0.25, 0.3) is 0 Å².